The number of rotatable bonds is 4. The monoisotopic (exact) mass is 259 g/mol. The van der Waals surface area contributed by atoms with Crippen LogP contribution in [0.1, 0.15) is 5.56 Å². The van der Waals surface area contributed by atoms with Crippen LogP contribution in [0.15, 0.2) is 30.5 Å². The average Bonchev–Trinajstić information content (AvgIpc) is 2.42. The quantitative estimate of drug-likeness (QED) is 0.883. The maximum Gasteiger partial charge on any atom is 0.130 e. The first-order chi connectivity index (χ1) is 9.12. The third-order valence-electron chi connectivity index (χ3n) is 2.78. The molecule has 100 valence electrons. The van der Waals surface area contributed by atoms with Crippen LogP contribution < -0.4 is 20.5 Å². The van der Waals surface area contributed by atoms with E-state index in [1.54, 1.807) is 20.4 Å². The van der Waals surface area contributed by atoms with E-state index in [0.717, 1.165) is 17.1 Å². The maximum atomic E-state index is 5.74. The Morgan fingerprint density at radius 3 is 2.21 bits per heavy atom. The van der Waals surface area contributed by atoms with E-state index in [2.05, 4.69) is 10.3 Å². The van der Waals surface area contributed by atoms with E-state index in [1.165, 1.54) is 0 Å². The lowest BCUT2D eigenvalue weighted by Crippen LogP contribution is -1.98. The summed E-state index contributed by atoms with van der Waals surface area (Å²) in [5.74, 6) is 2.16. The molecule has 0 bridgehead atoms. The molecule has 0 spiro atoms. The molecule has 2 aromatic rings. The fourth-order valence-corrected chi connectivity index (χ4v) is 1.66. The van der Waals surface area contributed by atoms with Gasteiger partial charge in [-0.1, -0.05) is 0 Å². The molecular formula is C14H17N3O2. The zero-order chi connectivity index (χ0) is 13.8. The molecule has 2 rings (SSSR count). The number of ether oxygens (including phenoxy) is 2. The number of anilines is 3. The molecule has 19 heavy (non-hydrogen) atoms. The first kappa shape index (κ1) is 13.0. The van der Waals surface area contributed by atoms with Crippen LogP contribution in [0.3, 0.4) is 0 Å². The average molecular weight is 259 g/mol. The highest BCUT2D eigenvalue weighted by atomic mass is 16.5. The number of aromatic nitrogens is 1. The molecule has 0 fully saturated rings. The lowest BCUT2D eigenvalue weighted by Gasteiger charge is -2.11. The van der Waals surface area contributed by atoms with Crippen molar-refractivity contribution in [3.8, 4) is 11.5 Å². The zero-order valence-electron chi connectivity index (χ0n) is 11.2. The summed E-state index contributed by atoms with van der Waals surface area (Å²) in [6, 6.07) is 7.44. The summed E-state index contributed by atoms with van der Waals surface area (Å²) in [5, 5.41) is 3.19. The van der Waals surface area contributed by atoms with Gasteiger partial charge in [-0.2, -0.15) is 0 Å². The van der Waals surface area contributed by atoms with E-state index in [1.807, 2.05) is 31.2 Å². The van der Waals surface area contributed by atoms with Crippen LogP contribution in [0.4, 0.5) is 17.2 Å². The number of nitrogen functional groups attached to an aromatic ring is 1. The van der Waals surface area contributed by atoms with Crippen LogP contribution in [-0.4, -0.2) is 19.2 Å². The van der Waals surface area contributed by atoms with Crippen molar-refractivity contribution in [2.75, 3.05) is 25.3 Å². The van der Waals surface area contributed by atoms with Gasteiger partial charge in [0.25, 0.3) is 0 Å². The normalized spacial score (nSPS) is 10.1. The SMILES string of the molecule is COc1cc(Nc2cc(C)c(N)cn2)cc(OC)c1. The fraction of sp³-hybridized carbons (Fsp3) is 0.214. The molecule has 0 saturated heterocycles. The predicted octanol–water partition coefficient (Wildman–Crippen LogP) is 2.73. The van der Waals surface area contributed by atoms with Gasteiger partial charge in [0.2, 0.25) is 0 Å². The molecule has 0 aliphatic heterocycles. The van der Waals surface area contributed by atoms with E-state index >= 15 is 0 Å². The summed E-state index contributed by atoms with van der Waals surface area (Å²) in [6.07, 6.45) is 1.63. The number of benzene rings is 1. The van der Waals surface area contributed by atoms with Crippen LogP contribution in [0.2, 0.25) is 0 Å². The van der Waals surface area contributed by atoms with Gasteiger partial charge in [-0.25, -0.2) is 4.98 Å². The van der Waals surface area contributed by atoms with E-state index in [0.29, 0.717) is 17.2 Å². The maximum absolute atomic E-state index is 5.74. The standard InChI is InChI=1S/C14H17N3O2/c1-9-4-14(16-8-13(9)15)17-10-5-11(18-2)7-12(6-10)19-3/h4-8H,15H2,1-3H3,(H,16,17). The Morgan fingerprint density at radius 2 is 1.68 bits per heavy atom. The topological polar surface area (TPSA) is 69.4 Å². The number of nitrogens with zero attached hydrogens (tertiary/aromatic N) is 1. The number of nitrogens with two attached hydrogens (primary N) is 1. The molecule has 0 saturated carbocycles. The largest absolute Gasteiger partial charge is 0.497 e. The van der Waals surface area contributed by atoms with Gasteiger partial charge in [0.1, 0.15) is 17.3 Å². The summed E-state index contributed by atoms with van der Waals surface area (Å²) >= 11 is 0. The summed E-state index contributed by atoms with van der Waals surface area (Å²) in [7, 11) is 3.23. The number of hydrogen-bond acceptors (Lipinski definition) is 5. The van der Waals surface area contributed by atoms with Gasteiger partial charge >= 0.3 is 0 Å². The van der Waals surface area contributed by atoms with Crippen molar-refractivity contribution >= 4 is 17.2 Å². The van der Waals surface area contributed by atoms with Crippen molar-refractivity contribution in [3.05, 3.63) is 36.0 Å². The molecule has 5 heteroatoms. The second-order valence-electron chi connectivity index (χ2n) is 4.15. The molecule has 0 atom stereocenters. The molecule has 3 N–H and O–H groups in total. The molecule has 0 aliphatic rings. The minimum Gasteiger partial charge on any atom is -0.497 e. The van der Waals surface area contributed by atoms with E-state index in [4.69, 9.17) is 15.2 Å². The molecular weight excluding hydrogens is 242 g/mol. The van der Waals surface area contributed by atoms with Crippen molar-refractivity contribution in [2.24, 2.45) is 0 Å². The van der Waals surface area contributed by atoms with Crippen molar-refractivity contribution < 1.29 is 9.47 Å². The Labute approximate surface area is 112 Å². The molecule has 1 aromatic heterocycles. The lowest BCUT2D eigenvalue weighted by molar-refractivity contribution is 0.395. The van der Waals surface area contributed by atoms with Crippen molar-refractivity contribution in [1.29, 1.82) is 0 Å². The van der Waals surface area contributed by atoms with Gasteiger partial charge in [0.15, 0.2) is 0 Å². The molecule has 1 aromatic carbocycles. The molecule has 0 amide bonds. The second-order valence-corrected chi connectivity index (χ2v) is 4.15. The Kier molecular flexibility index (Phi) is 3.75. The molecule has 0 aliphatic carbocycles. The number of hydrogen-bond donors (Lipinski definition) is 2. The third kappa shape index (κ3) is 3.07. The summed E-state index contributed by atoms with van der Waals surface area (Å²) in [5.41, 5.74) is 8.24. The highest BCUT2D eigenvalue weighted by molar-refractivity contribution is 5.63. The van der Waals surface area contributed by atoms with Gasteiger partial charge < -0.3 is 20.5 Å². The number of methoxy groups -OCH3 is 2. The fourth-order valence-electron chi connectivity index (χ4n) is 1.66. The Bertz CT molecular complexity index is 563. The minimum absolute atomic E-state index is 0.675. The van der Waals surface area contributed by atoms with Gasteiger partial charge in [-0.05, 0) is 18.6 Å². The van der Waals surface area contributed by atoms with Gasteiger partial charge in [-0.3, -0.25) is 0 Å². The highest BCUT2D eigenvalue weighted by Crippen LogP contribution is 2.28. The lowest BCUT2D eigenvalue weighted by atomic mass is 10.2. The van der Waals surface area contributed by atoms with E-state index in [9.17, 15) is 0 Å². The minimum atomic E-state index is 0.675. The summed E-state index contributed by atoms with van der Waals surface area (Å²) in [4.78, 5) is 4.23. The predicted molar refractivity (Wildman–Crippen MR) is 76.2 cm³/mol. The van der Waals surface area contributed by atoms with Crippen LogP contribution in [0, 0.1) is 6.92 Å². The Hall–Kier alpha value is -2.43. The summed E-state index contributed by atoms with van der Waals surface area (Å²) < 4.78 is 10.4. The zero-order valence-corrected chi connectivity index (χ0v) is 11.2. The van der Waals surface area contributed by atoms with Crippen LogP contribution in [0.5, 0.6) is 11.5 Å². The number of aryl methyl sites for hydroxylation is 1. The molecule has 5 nitrogen and oxygen atoms in total. The van der Waals surface area contributed by atoms with Crippen molar-refractivity contribution in [1.82, 2.24) is 4.98 Å². The molecule has 1 heterocycles. The summed E-state index contributed by atoms with van der Waals surface area (Å²) in [6.45, 7) is 1.94. The van der Waals surface area contributed by atoms with Crippen LogP contribution in [-0.2, 0) is 0 Å². The second kappa shape index (κ2) is 5.48. The Morgan fingerprint density at radius 1 is 1.05 bits per heavy atom. The smallest absolute Gasteiger partial charge is 0.130 e. The van der Waals surface area contributed by atoms with Crippen LogP contribution in [0.25, 0.3) is 0 Å². The highest BCUT2D eigenvalue weighted by Gasteiger charge is 2.04. The molecule has 0 unspecified atom stereocenters. The number of pyridine rings is 1. The first-order valence-corrected chi connectivity index (χ1v) is 5.84. The van der Waals surface area contributed by atoms with Gasteiger partial charge in [-0.15, -0.1) is 0 Å². The third-order valence-corrected chi connectivity index (χ3v) is 2.78. The van der Waals surface area contributed by atoms with E-state index < -0.39 is 0 Å². The van der Waals surface area contributed by atoms with Gasteiger partial charge in [0, 0.05) is 23.9 Å². The van der Waals surface area contributed by atoms with Crippen molar-refractivity contribution in [3.63, 3.8) is 0 Å². The van der Waals surface area contributed by atoms with Crippen molar-refractivity contribution in [2.45, 2.75) is 6.92 Å². The number of nitrogens with one attached hydrogen (secondary N) is 1. The van der Waals surface area contributed by atoms with Crippen LogP contribution >= 0.6 is 0 Å². The molecule has 0 radical (unpaired) electrons. The van der Waals surface area contributed by atoms with Gasteiger partial charge in [0.05, 0.1) is 26.1 Å². The first-order valence-electron chi connectivity index (χ1n) is 5.84. The van der Waals surface area contributed by atoms with E-state index in [-0.39, 0.29) is 0 Å². The Balaban J connectivity index is 2.29.